The molecule has 0 amide bonds. The lowest BCUT2D eigenvalue weighted by Crippen LogP contribution is -2.38. The molecule has 94 valence electrons. The normalized spacial score (nSPS) is 24.4. The maximum absolute atomic E-state index is 13.1. The van der Waals surface area contributed by atoms with E-state index in [1.54, 1.807) is 12.1 Å². The zero-order valence-electron chi connectivity index (χ0n) is 9.52. The molecule has 1 heterocycles. The lowest BCUT2D eigenvalue weighted by Gasteiger charge is -2.24. The van der Waals surface area contributed by atoms with Crippen LogP contribution >= 0.6 is 12.4 Å². The number of benzene rings is 1. The van der Waals surface area contributed by atoms with Crippen LogP contribution in [0.3, 0.4) is 0 Å². The first-order valence-electron chi connectivity index (χ1n) is 5.22. The summed E-state index contributed by atoms with van der Waals surface area (Å²) in [5.41, 5.74) is -0.388. The molecule has 1 fully saturated rings. The van der Waals surface area contributed by atoms with Gasteiger partial charge in [0.15, 0.2) is 0 Å². The lowest BCUT2D eigenvalue weighted by atomic mass is 9.80. The highest BCUT2D eigenvalue weighted by Crippen LogP contribution is 2.34. The first-order valence-corrected chi connectivity index (χ1v) is 5.22. The molecule has 2 rings (SSSR count). The third kappa shape index (κ3) is 2.42. The third-order valence-electron chi connectivity index (χ3n) is 3.25. The fourth-order valence-corrected chi connectivity index (χ4v) is 2.32. The summed E-state index contributed by atoms with van der Waals surface area (Å²) in [5.74, 6) is -1.25. The van der Waals surface area contributed by atoms with Crippen LogP contribution in [0.15, 0.2) is 24.3 Å². The van der Waals surface area contributed by atoms with E-state index in [4.69, 9.17) is 0 Å². The van der Waals surface area contributed by atoms with Gasteiger partial charge in [0, 0.05) is 6.54 Å². The Morgan fingerprint density at radius 1 is 1.53 bits per heavy atom. The van der Waals surface area contributed by atoms with E-state index in [1.165, 1.54) is 12.1 Å². The molecule has 1 aromatic carbocycles. The van der Waals surface area contributed by atoms with E-state index >= 15 is 0 Å². The Morgan fingerprint density at radius 3 is 2.71 bits per heavy atom. The van der Waals surface area contributed by atoms with Crippen molar-refractivity contribution in [1.29, 1.82) is 0 Å². The molecule has 0 aliphatic carbocycles. The van der Waals surface area contributed by atoms with E-state index in [1.807, 2.05) is 11.9 Å². The molecule has 17 heavy (non-hydrogen) atoms. The van der Waals surface area contributed by atoms with Crippen molar-refractivity contribution >= 4 is 18.4 Å². The van der Waals surface area contributed by atoms with Crippen molar-refractivity contribution in [3.8, 4) is 0 Å². The molecule has 1 N–H and O–H groups in total. The molecule has 3 nitrogen and oxygen atoms in total. The Labute approximate surface area is 106 Å². The molecule has 0 bridgehead atoms. The summed E-state index contributed by atoms with van der Waals surface area (Å²) in [6.45, 7) is 1.16. The maximum Gasteiger partial charge on any atom is 0.315 e. The Bertz CT molecular complexity index is 427. The first-order chi connectivity index (χ1) is 7.54. The zero-order chi connectivity index (χ0) is 11.8. The minimum atomic E-state index is -0.948. The highest BCUT2D eigenvalue weighted by atomic mass is 35.5. The van der Waals surface area contributed by atoms with E-state index in [0.29, 0.717) is 18.5 Å². The molecular weight excluding hydrogens is 245 g/mol. The number of carboxylic acid groups (broad SMARTS) is 1. The van der Waals surface area contributed by atoms with Crippen LogP contribution in [0.1, 0.15) is 12.0 Å². The topological polar surface area (TPSA) is 40.5 Å². The van der Waals surface area contributed by atoms with Crippen molar-refractivity contribution < 1.29 is 14.3 Å². The van der Waals surface area contributed by atoms with Crippen LogP contribution in [-0.4, -0.2) is 36.1 Å². The van der Waals surface area contributed by atoms with Gasteiger partial charge in [-0.3, -0.25) is 4.79 Å². The molecule has 1 saturated heterocycles. The van der Waals surface area contributed by atoms with Gasteiger partial charge < -0.3 is 10.0 Å². The Balaban J connectivity index is 0.00000144. The second kappa shape index (κ2) is 5.02. The fraction of sp³-hybridized carbons (Fsp3) is 0.417. The predicted molar refractivity (Wildman–Crippen MR) is 65.1 cm³/mol. The molecule has 0 radical (unpaired) electrons. The molecule has 1 unspecified atom stereocenters. The summed E-state index contributed by atoms with van der Waals surface area (Å²) in [4.78, 5) is 13.4. The van der Waals surface area contributed by atoms with Gasteiger partial charge in [-0.1, -0.05) is 12.1 Å². The summed E-state index contributed by atoms with van der Waals surface area (Å²) < 4.78 is 13.1. The molecule has 0 aromatic heterocycles. The number of carboxylic acids is 1. The number of aliphatic carboxylic acids is 1. The van der Waals surface area contributed by atoms with E-state index in [9.17, 15) is 14.3 Å². The number of halogens is 2. The maximum atomic E-state index is 13.1. The Hall–Kier alpha value is -1.13. The fourth-order valence-electron chi connectivity index (χ4n) is 2.32. The van der Waals surface area contributed by atoms with Gasteiger partial charge in [0.05, 0.1) is 0 Å². The number of nitrogens with zero attached hydrogens (tertiary/aromatic N) is 1. The van der Waals surface area contributed by atoms with Crippen LogP contribution in [-0.2, 0) is 10.2 Å². The van der Waals surface area contributed by atoms with Crippen molar-refractivity contribution in [2.45, 2.75) is 11.8 Å². The number of hydrogen-bond acceptors (Lipinski definition) is 2. The summed E-state index contributed by atoms with van der Waals surface area (Å²) in [5, 5.41) is 9.38. The van der Waals surface area contributed by atoms with Gasteiger partial charge in [0.25, 0.3) is 0 Å². The standard InChI is InChI=1S/C12H14FNO2.ClH/c1-14-6-5-12(8-14,11(15)16)9-3-2-4-10(13)7-9;/h2-4,7H,5-6,8H2,1H3,(H,15,16);1H. The summed E-state index contributed by atoms with van der Waals surface area (Å²) >= 11 is 0. The Kier molecular flexibility index (Phi) is 4.11. The SMILES string of the molecule is CN1CCC(C(=O)O)(c2cccc(F)c2)C1.Cl. The average Bonchev–Trinajstić information content (AvgIpc) is 2.62. The monoisotopic (exact) mass is 259 g/mol. The van der Waals surface area contributed by atoms with Gasteiger partial charge in [-0.05, 0) is 37.7 Å². The van der Waals surface area contributed by atoms with Gasteiger partial charge >= 0.3 is 5.97 Å². The number of hydrogen-bond donors (Lipinski definition) is 1. The van der Waals surface area contributed by atoms with Crippen LogP contribution in [0.25, 0.3) is 0 Å². The summed E-state index contributed by atoms with van der Waals surface area (Å²) in [6, 6.07) is 5.91. The summed E-state index contributed by atoms with van der Waals surface area (Å²) in [6.07, 6.45) is 0.530. The number of likely N-dealkylation sites (tertiary alicyclic amines) is 1. The third-order valence-corrected chi connectivity index (χ3v) is 3.25. The molecule has 0 spiro atoms. The second-order valence-corrected chi connectivity index (χ2v) is 4.39. The zero-order valence-corrected chi connectivity index (χ0v) is 10.3. The molecule has 1 aliphatic rings. The van der Waals surface area contributed by atoms with Gasteiger partial charge in [0.1, 0.15) is 11.2 Å². The lowest BCUT2D eigenvalue weighted by molar-refractivity contribution is -0.143. The number of likely N-dealkylation sites (N-methyl/N-ethyl adjacent to an activating group) is 1. The molecule has 5 heteroatoms. The van der Waals surface area contributed by atoms with Crippen LogP contribution in [0.2, 0.25) is 0 Å². The van der Waals surface area contributed by atoms with E-state index in [-0.39, 0.29) is 18.2 Å². The number of carbonyl (C=O) groups is 1. The van der Waals surface area contributed by atoms with E-state index < -0.39 is 11.4 Å². The van der Waals surface area contributed by atoms with Crippen molar-refractivity contribution in [2.24, 2.45) is 0 Å². The van der Waals surface area contributed by atoms with Crippen LogP contribution in [0.5, 0.6) is 0 Å². The molecule has 1 aliphatic heterocycles. The quantitative estimate of drug-likeness (QED) is 0.882. The smallest absolute Gasteiger partial charge is 0.315 e. The molecular formula is C12H15ClFNO2. The van der Waals surface area contributed by atoms with Gasteiger partial charge in [-0.2, -0.15) is 0 Å². The minimum absolute atomic E-state index is 0. The first kappa shape index (κ1) is 13.9. The highest BCUT2D eigenvalue weighted by molar-refractivity contribution is 5.85. The van der Waals surface area contributed by atoms with E-state index in [0.717, 1.165) is 6.54 Å². The summed E-state index contributed by atoms with van der Waals surface area (Å²) in [7, 11) is 1.88. The molecule has 0 saturated carbocycles. The van der Waals surface area contributed by atoms with Crippen LogP contribution in [0, 0.1) is 5.82 Å². The average molecular weight is 260 g/mol. The van der Waals surface area contributed by atoms with Gasteiger partial charge in [-0.15, -0.1) is 12.4 Å². The van der Waals surface area contributed by atoms with Crippen molar-refractivity contribution in [2.75, 3.05) is 20.1 Å². The minimum Gasteiger partial charge on any atom is -0.481 e. The van der Waals surface area contributed by atoms with Crippen LogP contribution < -0.4 is 0 Å². The van der Waals surface area contributed by atoms with Crippen LogP contribution in [0.4, 0.5) is 4.39 Å². The van der Waals surface area contributed by atoms with Crippen molar-refractivity contribution in [3.63, 3.8) is 0 Å². The largest absolute Gasteiger partial charge is 0.481 e. The molecule has 1 atom stereocenters. The Morgan fingerprint density at radius 2 is 2.24 bits per heavy atom. The van der Waals surface area contributed by atoms with Crippen molar-refractivity contribution in [3.05, 3.63) is 35.6 Å². The van der Waals surface area contributed by atoms with E-state index in [2.05, 4.69) is 0 Å². The number of rotatable bonds is 2. The predicted octanol–water partition coefficient (Wildman–Crippen LogP) is 1.91. The highest BCUT2D eigenvalue weighted by Gasteiger charge is 2.45. The molecule has 1 aromatic rings. The van der Waals surface area contributed by atoms with Crippen molar-refractivity contribution in [1.82, 2.24) is 4.90 Å². The second-order valence-electron chi connectivity index (χ2n) is 4.39. The van der Waals surface area contributed by atoms with Gasteiger partial charge in [0.2, 0.25) is 0 Å². The van der Waals surface area contributed by atoms with Gasteiger partial charge in [-0.25, -0.2) is 4.39 Å².